The molecule has 0 bridgehead atoms. The van der Waals surface area contributed by atoms with Gasteiger partial charge < -0.3 is 14.2 Å². The highest BCUT2D eigenvalue weighted by molar-refractivity contribution is 5.73. The van der Waals surface area contributed by atoms with Gasteiger partial charge in [-0.05, 0) is 25.3 Å². The number of hydrogen-bond donors (Lipinski definition) is 0. The maximum absolute atomic E-state index is 12.0. The van der Waals surface area contributed by atoms with E-state index in [4.69, 9.17) is 14.2 Å². The van der Waals surface area contributed by atoms with Gasteiger partial charge in [0, 0.05) is 6.42 Å². The molecule has 0 aromatic heterocycles. The Hall–Kier alpha value is -1.39. The van der Waals surface area contributed by atoms with Crippen LogP contribution in [0.15, 0.2) is 30.3 Å². The van der Waals surface area contributed by atoms with Crippen LogP contribution in [0.25, 0.3) is 0 Å². The summed E-state index contributed by atoms with van der Waals surface area (Å²) in [6, 6.07) is 10.1. The zero-order valence-electron chi connectivity index (χ0n) is 12.4. The van der Waals surface area contributed by atoms with Crippen LogP contribution in [0.3, 0.4) is 0 Å². The Balaban J connectivity index is 1.62. The number of rotatable bonds is 5. The monoisotopic (exact) mass is 290 g/mol. The van der Waals surface area contributed by atoms with Gasteiger partial charge in [-0.25, -0.2) is 0 Å². The number of carbonyl (C=O) groups excluding carboxylic acids is 1. The van der Waals surface area contributed by atoms with Gasteiger partial charge in [-0.3, -0.25) is 4.79 Å². The van der Waals surface area contributed by atoms with Gasteiger partial charge in [-0.15, -0.1) is 0 Å². The fourth-order valence-corrected chi connectivity index (χ4v) is 3.31. The minimum absolute atomic E-state index is 0.0131. The molecular weight excluding hydrogens is 268 g/mol. The molecule has 1 aromatic rings. The van der Waals surface area contributed by atoms with Crippen LogP contribution >= 0.6 is 0 Å². The lowest BCUT2D eigenvalue weighted by atomic mass is 9.90. The molecule has 21 heavy (non-hydrogen) atoms. The minimum Gasteiger partial charge on any atom is -0.466 e. The number of carbonyl (C=O) groups is 1. The highest BCUT2D eigenvalue weighted by Gasteiger charge is 2.55. The lowest BCUT2D eigenvalue weighted by molar-refractivity contribution is -0.207. The fourth-order valence-electron chi connectivity index (χ4n) is 3.31. The number of esters is 1. The summed E-state index contributed by atoms with van der Waals surface area (Å²) in [6.45, 7) is 3.59. The van der Waals surface area contributed by atoms with E-state index in [1.807, 2.05) is 37.3 Å². The summed E-state index contributed by atoms with van der Waals surface area (Å²) in [5, 5.41) is 0. The maximum Gasteiger partial charge on any atom is 0.309 e. The Bertz CT molecular complexity index is 481. The molecule has 0 radical (unpaired) electrons. The summed E-state index contributed by atoms with van der Waals surface area (Å²) >= 11 is 0. The average Bonchev–Trinajstić information content (AvgIpc) is 2.86. The van der Waals surface area contributed by atoms with E-state index in [-0.39, 0.29) is 23.6 Å². The second-order valence-electron chi connectivity index (χ2n) is 5.84. The highest BCUT2D eigenvalue weighted by Crippen LogP contribution is 2.47. The summed E-state index contributed by atoms with van der Waals surface area (Å²) in [5.41, 5.74) is 0.887. The molecular formula is C17H22O4. The molecule has 114 valence electrons. The Labute approximate surface area is 125 Å². The van der Waals surface area contributed by atoms with Gasteiger partial charge in [-0.1, -0.05) is 30.3 Å². The van der Waals surface area contributed by atoms with E-state index in [0.29, 0.717) is 19.6 Å². The summed E-state index contributed by atoms with van der Waals surface area (Å²) in [4.78, 5) is 12.0. The predicted molar refractivity (Wildman–Crippen MR) is 77.7 cm³/mol. The van der Waals surface area contributed by atoms with Crippen molar-refractivity contribution in [1.82, 2.24) is 0 Å². The Morgan fingerprint density at radius 3 is 2.76 bits per heavy atom. The van der Waals surface area contributed by atoms with Crippen molar-refractivity contribution in [2.45, 2.75) is 44.5 Å². The quantitative estimate of drug-likeness (QED) is 0.782. The van der Waals surface area contributed by atoms with E-state index in [9.17, 15) is 4.79 Å². The van der Waals surface area contributed by atoms with Crippen LogP contribution < -0.4 is 0 Å². The standard InChI is InChI=1S/C17H22O4/c1-2-19-16(18)14-10-15(17(11-14)8-9-21-17)20-12-13-6-4-3-5-7-13/h3-7,14-15H,2,8-12H2,1H3. The summed E-state index contributed by atoms with van der Waals surface area (Å²) in [7, 11) is 0. The van der Waals surface area contributed by atoms with E-state index in [2.05, 4.69) is 0 Å². The van der Waals surface area contributed by atoms with Crippen molar-refractivity contribution in [2.24, 2.45) is 5.92 Å². The zero-order valence-corrected chi connectivity index (χ0v) is 12.4. The first kappa shape index (κ1) is 14.5. The molecule has 1 aromatic carbocycles. The van der Waals surface area contributed by atoms with Crippen LogP contribution in [0.4, 0.5) is 0 Å². The van der Waals surface area contributed by atoms with E-state index in [1.165, 1.54) is 0 Å². The molecule has 1 aliphatic carbocycles. The van der Waals surface area contributed by atoms with Crippen molar-refractivity contribution in [3.05, 3.63) is 35.9 Å². The maximum atomic E-state index is 12.0. The van der Waals surface area contributed by atoms with Gasteiger partial charge in [-0.2, -0.15) is 0 Å². The Kier molecular flexibility index (Phi) is 4.27. The first-order chi connectivity index (χ1) is 10.2. The van der Waals surface area contributed by atoms with E-state index in [1.54, 1.807) is 0 Å². The third kappa shape index (κ3) is 2.97. The van der Waals surface area contributed by atoms with Gasteiger partial charge in [0.15, 0.2) is 0 Å². The summed E-state index contributed by atoms with van der Waals surface area (Å²) in [5.74, 6) is -0.204. The molecule has 3 rings (SSSR count). The third-order valence-corrected chi connectivity index (χ3v) is 4.51. The van der Waals surface area contributed by atoms with Crippen LogP contribution in [0.5, 0.6) is 0 Å². The lowest BCUT2D eigenvalue weighted by Crippen LogP contribution is -2.50. The van der Waals surface area contributed by atoms with Crippen molar-refractivity contribution in [1.29, 1.82) is 0 Å². The molecule has 4 nitrogen and oxygen atoms in total. The van der Waals surface area contributed by atoms with Crippen molar-refractivity contribution >= 4 is 5.97 Å². The van der Waals surface area contributed by atoms with Crippen molar-refractivity contribution in [3.8, 4) is 0 Å². The van der Waals surface area contributed by atoms with Gasteiger partial charge in [0.05, 0.1) is 37.4 Å². The van der Waals surface area contributed by atoms with Gasteiger partial charge in [0.25, 0.3) is 0 Å². The topological polar surface area (TPSA) is 44.8 Å². The summed E-state index contributed by atoms with van der Waals surface area (Å²) in [6.07, 6.45) is 2.39. The fraction of sp³-hybridized carbons (Fsp3) is 0.588. The van der Waals surface area contributed by atoms with Crippen molar-refractivity contribution < 1.29 is 19.0 Å². The molecule has 1 heterocycles. The normalized spacial score (nSPS) is 31.1. The number of ether oxygens (including phenoxy) is 3. The second kappa shape index (κ2) is 6.16. The first-order valence-corrected chi connectivity index (χ1v) is 7.69. The highest BCUT2D eigenvalue weighted by atomic mass is 16.6. The van der Waals surface area contributed by atoms with Crippen LogP contribution in [-0.2, 0) is 25.6 Å². The molecule has 0 amide bonds. The van der Waals surface area contributed by atoms with E-state index in [0.717, 1.165) is 25.0 Å². The van der Waals surface area contributed by atoms with Crippen molar-refractivity contribution in [2.75, 3.05) is 13.2 Å². The Morgan fingerprint density at radius 1 is 1.38 bits per heavy atom. The van der Waals surface area contributed by atoms with E-state index >= 15 is 0 Å². The number of hydrogen-bond acceptors (Lipinski definition) is 4. The number of benzene rings is 1. The summed E-state index contributed by atoms with van der Waals surface area (Å²) < 4.78 is 17.0. The third-order valence-electron chi connectivity index (χ3n) is 4.51. The molecule has 3 atom stereocenters. The smallest absolute Gasteiger partial charge is 0.309 e. The van der Waals surface area contributed by atoms with Crippen LogP contribution in [0.2, 0.25) is 0 Å². The van der Waals surface area contributed by atoms with Crippen LogP contribution in [0.1, 0.15) is 31.7 Å². The molecule has 2 aliphatic rings. The lowest BCUT2D eigenvalue weighted by Gasteiger charge is -2.43. The zero-order chi connectivity index (χ0) is 14.7. The molecule has 1 saturated carbocycles. The Morgan fingerprint density at radius 2 is 2.14 bits per heavy atom. The van der Waals surface area contributed by atoms with Crippen molar-refractivity contribution in [3.63, 3.8) is 0 Å². The SMILES string of the molecule is CCOC(=O)C1CC(OCc2ccccc2)C2(CCO2)C1. The molecule has 1 spiro atoms. The first-order valence-electron chi connectivity index (χ1n) is 7.69. The van der Waals surface area contributed by atoms with Gasteiger partial charge in [0.2, 0.25) is 0 Å². The molecule has 1 aliphatic heterocycles. The van der Waals surface area contributed by atoms with Gasteiger partial charge in [0.1, 0.15) is 0 Å². The predicted octanol–water partition coefficient (Wildman–Crippen LogP) is 2.70. The average molecular weight is 290 g/mol. The molecule has 2 fully saturated rings. The minimum atomic E-state index is -0.258. The van der Waals surface area contributed by atoms with Crippen LogP contribution in [-0.4, -0.2) is 30.9 Å². The molecule has 4 heteroatoms. The molecule has 3 unspecified atom stereocenters. The second-order valence-corrected chi connectivity index (χ2v) is 5.84. The van der Waals surface area contributed by atoms with Gasteiger partial charge >= 0.3 is 5.97 Å². The van der Waals surface area contributed by atoms with Crippen LogP contribution in [0, 0.1) is 5.92 Å². The molecule has 0 N–H and O–H groups in total. The molecule has 1 saturated heterocycles. The van der Waals surface area contributed by atoms with E-state index < -0.39 is 0 Å². The largest absolute Gasteiger partial charge is 0.466 e.